The van der Waals surface area contributed by atoms with Gasteiger partial charge in [0.1, 0.15) is 5.75 Å². The third-order valence-corrected chi connectivity index (χ3v) is 3.18. The monoisotopic (exact) mass is 249 g/mol. The van der Waals surface area contributed by atoms with Gasteiger partial charge in [-0.2, -0.15) is 0 Å². The van der Waals surface area contributed by atoms with E-state index in [2.05, 4.69) is 15.2 Å². The second-order valence-corrected chi connectivity index (χ2v) is 4.55. The van der Waals surface area contributed by atoms with E-state index in [9.17, 15) is 9.90 Å². The van der Waals surface area contributed by atoms with Crippen LogP contribution < -0.4 is 5.32 Å². The summed E-state index contributed by atoms with van der Waals surface area (Å²) >= 11 is 0. The molecule has 5 nitrogen and oxygen atoms in total. The number of nitrogens with zero attached hydrogens (tertiary/aromatic N) is 2. The number of aromatic hydroxyl groups is 1. The Morgan fingerprint density at radius 3 is 2.94 bits per heavy atom. The molecular formula is C13H19N3O2. The first-order chi connectivity index (χ1) is 8.77. The molecular weight excluding hydrogens is 230 g/mol. The van der Waals surface area contributed by atoms with Crippen LogP contribution in [-0.4, -0.2) is 47.1 Å². The predicted molar refractivity (Wildman–Crippen MR) is 68.5 cm³/mol. The van der Waals surface area contributed by atoms with Crippen molar-refractivity contribution >= 4 is 5.91 Å². The largest absolute Gasteiger partial charge is 0.505 e. The molecule has 5 heteroatoms. The first kappa shape index (κ1) is 12.8. The molecule has 0 radical (unpaired) electrons. The number of likely N-dealkylation sites (tertiary alicyclic amines) is 1. The van der Waals surface area contributed by atoms with Crippen LogP contribution in [0.3, 0.4) is 0 Å². The molecule has 0 bridgehead atoms. The highest BCUT2D eigenvalue weighted by atomic mass is 16.3. The van der Waals surface area contributed by atoms with Crippen LogP contribution in [0.1, 0.15) is 29.6 Å². The molecule has 2 rings (SSSR count). The number of carbonyl (C=O) groups excluding carboxylic acids is 1. The number of hydrogen-bond acceptors (Lipinski definition) is 4. The lowest BCUT2D eigenvalue weighted by Crippen LogP contribution is -2.28. The molecule has 1 aromatic rings. The van der Waals surface area contributed by atoms with Crippen molar-refractivity contribution in [3.05, 3.63) is 24.0 Å². The van der Waals surface area contributed by atoms with Crippen molar-refractivity contribution < 1.29 is 9.90 Å². The molecule has 1 fully saturated rings. The summed E-state index contributed by atoms with van der Waals surface area (Å²) in [6.07, 6.45) is 6.30. The third-order valence-electron chi connectivity index (χ3n) is 3.18. The van der Waals surface area contributed by atoms with Gasteiger partial charge in [0.25, 0.3) is 5.91 Å². The first-order valence-electron chi connectivity index (χ1n) is 6.41. The maximum absolute atomic E-state index is 11.7. The molecule has 0 saturated carbocycles. The highest BCUT2D eigenvalue weighted by Gasteiger charge is 2.12. The predicted octanol–water partition coefficient (Wildman–Crippen LogP) is 1.00. The van der Waals surface area contributed by atoms with Gasteiger partial charge in [0, 0.05) is 12.7 Å². The van der Waals surface area contributed by atoms with E-state index in [-0.39, 0.29) is 17.2 Å². The van der Waals surface area contributed by atoms with Gasteiger partial charge in [0.2, 0.25) is 0 Å². The summed E-state index contributed by atoms with van der Waals surface area (Å²) in [5.41, 5.74) is 0.283. The van der Waals surface area contributed by atoms with E-state index in [4.69, 9.17) is 0 Å². The Balaban J connectivity index is 1.70. The average molecular weight is 249 g/mol. The fourth-order valence-electron chi connectivity index (χ4n) is 2.18. The highest BCUT2D eigenvalue weighted by molar-refractivity contribution is 5.96. The van der Waals surface area contributed by atoms with E-state index in [0.29, 0.717) is 6.54 Å². The number of aromatic nitrogens is 1. The maximum Gasteiger partial charge on any atom is 0.255 e. The molecule has 0 aromatic carbocycles. The Labute approximate surface area is 107 Å². The van der Waals surface area contributed by atoms with Crippen molar-refractivity contribution in [3.8, 4) is 5.75 Å². The van der Waals surface area contributed by atoms with Gasteiger partial charge in [0.05, 0.1) is 11.8 Å². The molecule has 18 heavy (non-hydrogen) atoms. The van der Waals surface area contributed by atoms with Crippen LogP contribution in [0.15, 0.2) is 18.5 Å². The van der Waals surface area contributed by atoms with Gasteiger partial charge in [-0.3, -0.25) is 9.78 Å². The zero-order chi connectivity index (χ0) is 12.8. The minimum absolute atomic E-state index is 0.0745. The molecule has 1 aromatic heterocycles. The van der Waals surface area contributed by atoms with Crippen molar-refractivity contribution in [2.24, 2.45) is 0 Å². The average Bonchev–Trinajstić information content (AvgIpc) is 2.88. The van der Waals surface area contributed by atoms with Crippen LogP contribution in [0, 0.1) is 0 Å². The van der Waals surface area contributed by atoms with Gasteiger partial charge in [-0.05, 0) is 45.0 Å². The number of amides is 1. The van der Waals surface area contributed by atoms with E-state index >= 15 is 0 Å². The van der Waals surface area contributed by atoms with Crippen LogP contribution in [-0.2, 0) is 0 Å². The number of nitrogens with one attached hydrogen (secondary N) is 1. The minimum atomic E-state index is -0.240. The standard InChI is InChI=1S/C13H19N3O2/c17-12-10-14-6-4-11(12)13(18)15-5-3-9-16-7-1-2-8-16/h4,6,10,17H,1-3,5,7-9H2,(H,15,18). The van der Waals surface area contributed by atoms with Crippen molar-refractivity contribution in [1.82, 2.24) is 15.2 Å². The summed E-state index contributed by atoms with van der Waals surface area (Å²) in [5, 5.41) is 12.3. The number of carbonyl (C=O) groups is 1. The molecule has 98 valence electrons. The SMILES string of the molecule is O=C(NCCCN1CCCC1)c1ccncc1O. The summed E-state index contributed by atoms with van der Waals surface area (Å²) in [4.78, 5) is 17.9. The fourth-order valence-corrected chi connectivity index (χ4v) is 2.18. The lowest BCUT2D eigenvalue weighted by atomic mass is 10.2. The zero-order valence-corrected chi connectivity index (χ0v) is 10.4. The topological polar surface area (TPSA) is 65.5 Å². The Hall–Kier alpha value is -1.62. The molecule has 0 aliphatic carbocycles. The normalized spacial score (nSPS) is 15.8. The van der Waals surface area contributed by atoms with Crippen molar-refractivity contribution in [2.45, 2.75) is 19.3 Å². The van der Waals surface area contributed by atoms with Crippen molar-refractivity contribution in [1.29, 1.82) is 0 Å². The zero-order valence-electron chi connectivity index (χ0n) is 10.4. The van der Waals surface area contributed by atoms with E-state index in [0.717, 1.165) is 13.0 Å². The summed E-state index contributed by atoms with van der Waals surface area (Å²) < 4.78 is 0. The number of pyridine rings is 1. The summed E-state index contributed by atoms with van der Waals surface area (Å²) in [7, 11) is 0. The van der Waals surface area contributed by atoms with Gasteiger partial charge in [-0.15, -0.1) is 0 Å². The van der Waals surface area contributed by atoms with Crippen LogP contribution in [0.25, 0.3) is 0 Å². The van der Waals surface area contributed by atoms with E-state index < -0.39 is 0 Å². The van der Waals surface area contributed by atoms with Crippen LogP contribution in [0.4, 0.5) is 0 Å². The highest BCUT2D eigenvalue weighted by Crippen LogP contribution is 2.13. The first-order valence-corrected chi connectivity index (χ1v) is 6.41. The summed E-state index contributed by atoms with van der Waals surface area (Å²) in [6, 6.07) is 1.52. The molecule has 2 N–H and O–H groups in total. The van der Waals surface area contributed by atoms with E-state index in [1.807, 2.05) is 0 Å². The van der Waals surface area contributed by atoms with Gasteiger partial charge in [-0.1, -0.05) is 0 Å². The molecule has 2 heterocycles. The number of hydrogen-bond donors (Lipinski definition) is 2. The molecule has 1 aliphatic heterocycles. The van der Waals surface area contributed by atoms with Gasteiger partial charge in [0.15, 0.2) is 0 Å². The van der Waals surface area contributed by atoms with Gasteiger partial charge >= 0.3 is 0 Å². The number of rotatable bonds is 5. The second-order valence-electron chi connectivity index (χ2n) is 4.55. The van der Waals surface area contributed by atoms with Crippen molar-refractivity contribution in [2.75, 3.05) is 26.2 Å². The van der Waals surface area contributed by atoms with E-state index in [1.165, 1.54) is 44.4 Å². The molecule has 1 aliphatic rings. The quantitative estimate of drug-likeness (QED) is 0.764. The lowest BCUT2D eigenvalue weighted by Gasteiger charge is -2.14. The van der Waals surface area contributed by atoms with E-state index in [1.54, 1.807) is 0 Å². The smallest absolute Gasteiger partial charge is 0.255 e. The molecule has 1 saturated heterocycles. The van der Waals surface area contributed by atoms with Crippen molar-refractivity contribution in [3.63, 3.8) is 0 Å². The van der Waals surface area contributed by atoms with Crippen LogP contribution >= 0.6 is 0 Å². The summed E-state index contributed by atoms with van der Waals surface area (Å²) in [6.45, 7) is 4.03. The fraction of sp³-hybridized carbons (Fsp3) is 0.538. The summed E-state index contributed by atoms with van der Waals surface area (Å²) in [5.74, 6) is -0.314. The Bertz CT molecular complexity index is 403. The molecule has 1 amide bonds. The van der Waals surface area contributed by atoms with Crippen LogP contribution in [0.2, 0.25) is 0 Å². The Morgan fingerprint density at radius 2 is 2.22 bits per heavy atom. The Kier molecular flexibility index (Phi) is 4.52. The third kappa shape index (κ3) is 3.43. The second kappa shape index (κ2) is 6.35. The molecule has 0 unspecified atom stereocenters. The molecule has 0 atom stereocenters. The van der Waals surface area contributed by atoms with Gasteiger partial charge in [-0.25, -0.2) is 0 Å². The molecule has 0 spiro atoms. The van der Waals surface area contributed by atoms with Crippen LogP contribution in [0.5, 0.6) is 5.75 Å². The van der Waals surface area contributed by atoms with Gasteiger partial charge < -0.3 is 15.3 Å². The minimum Gasteiger partial charge on any atom is -0.505 e. The Morgan fingerprint density at radius 1 is 1.44 bits per heavy atom. The maximum atomic E-state index is 11.7. The lowest BCUT2D eigenvalue weighted by molar-refractivity contribution is 0.0949.